The fraction of sp³-hybridized carbons (Fsp3) is 0.364. The van der Waals surface area contributed by atoms with E-state index in [2.05, 4.69) is 33.9 Å². The van der Waals surface area contributed by atoms with Gasteiger partial charge >= 0.3 is 0 Å². The maximum Gasteiger partial charge on any atom is 0.252 e. The van der Waals surface area contributed by atoms with Gasteiger partial charge in [0.25, 0.3) is 5.91 Å². The molecule has 0 heterocycles. The fourth-order valence-electron chi connectivity index (χ4n) is 1.17. The zero-order valence-electron chi connectivity index (χ0n) is 9.27. The molecule has 0 bridgehead atoms. The van der Waals surface area contributed by atoms with Crippen LogP contribution in [0.1, 0.15) is 17.3 Å². The van der Waals surface area contributed by atoms with Crippen molar-refractivity contribution >= 4 is 34.5 Å². The molecular formula is C11H14BrNO3S. The third-order valence-corrected chi connectivity index (χ3v) is 3.18. The van der Waals surface area contributed by atoms with E-state index in [0.717, 1.165) is 4.47 Å². The summed E-state index contributed by atoms with van der Waals surface area (Å²) in [5, 5.41) is 20.8. The van der Waals surface area contributed by atoms with E-state index in [0.29, 0.717) is 10.5 Å². The third kappa shape index (κ3) is 3.70. The monoisotopic (exact) mass is 319 g/mol. The minimum absolute atomic E-state index is 0.340. The lowest BCUT2D eigenvalue weighted by atomic mass is 10.0. The van der Waals surface area contributed by atoms with E-state index in [4.69, 9.17) is 10.2 Å². The topological polar surface area (TPSA) is 69.6 Å². The van der Waals surface area contributed by atoms with Crippen molar-refractivity contribution in [2.75, 3.05) is 13.2 Å². The molecule has 1 rings (SSSR count). The van der Waals surface area contributed by atoms with E-state index in [-0.39, 0.29) is 19.1 Å². The van der Waals surface area contributed by atoms with Crippen molar-refractivity contribution in [3.8, 4) is 0 Å². The molecule has 4 nitrogen and oxygen atoms in total. The second-order valence-electron chi connectivity index (χ2n) is 3.99. The first-order valence-electron chi connectivity index (χ1n) is 4.94. The summed E-state index contributed by atoms with van der Waals surface area (Å²) in [5.41, 5.74) is -0.644. The van der Waals surface area contributed by atoms with E-state index >= 15 is 0 Å². The summed E-state index contributed by atoms with van der Waals surface area (Å²) < 4.78 is 0.825. The lowest BCUT2D eigenvalue weighted by Gasteiger charge is -2.26. The van der Waals surface area contributed by atoms with Gasteiger partial charge in [-0.2, -0.15) is 0 Å². The lowest BCUT2D eigenvalue weighted by Crippen LogP contribution is -2.51. The van der Waals surface area contributed by atoms with Gasteiger partial charge in [-0.05, 0) is 25.1 Å². The largest absolute Gasteiger partial charge is 0.394 e. The van der Waals surface area contributed by atoms with Gasteiger partial charge in [0, 0.05) is 9.37 Å². The van der Waals surface area contributed by atoms with E-state index < -0.39 is 5.54 Å². The summed E-state index contributed by atoms with van der Waals surface area (Å²) in [6, 6.07) is 5.05. The van der Waals surface area contributed by atoms with Crippen LogP contribution in [0, 0.1) is 0 Å². The van der Waals surface area contributed by atoms with Crippen LogP contribution in [-0.4, -0.2) is 34.9 Å². The summed E-state index contributed by atoms with van der Waals surface area (Å²) >= 11 is 7.47. The summed E-state index contributed by atoms with van der Waals surface area (Å²) in [4.78, 5) is 12.4. The van der Waals surface area contributed by atoms with E-state index in [1.807, 2.05) is 0 Å². The van der Waals surface area contributed by atoms with Gasteiger partial charge < -0.3 is 15.5 Å². The number of thiol groups is 1. The number of halogens is 1. The summed E-state index contributed by atoms with van der Waals surface area (Å²) in [6.07, 6.45) is 0. The van der Waals surface area contributed by atoms with Gasteiger partial charge in [0.2, 0.25) is 0 Å². The summed E-state index contributed by atoms with van der Waals surface area (Å²) in [7, 11) is 0. The summed E-state index contributed by atoms with van der Waals surface area (Å²) in [6.45, 7) is 0.878. The van der Waals surface area contributed by atoms with Gasteiger partial charge in [0.15, 0.2) is 0 Å². The van der Waals surface area contributed by atoms with Crippen molar-refractivity contribution in [1.29, 1.82) is 0 Å². The molecule has 1 aromatic rings. The zero-order valence-corrected chi connectivity index (χ0v) is 11.8. The number of aliphatic hydroxyl groups excluding tert-OH is 2. The first-order chi connectivity index (χ1) is 7.91. The number of hydrogen-bond donors (Lipinski definition) is 4. The Kier molecular flexibility index (Phi) is 5.00. The van der Waals surface area contributed by atoms with Crippen LogP contribution in [0.4, 0.5) is 0 Å². The Bertz CT molecular complexity index is 421. The van der Waals surface area contributed by atoms with Crippen LogP contribution in [0.25, 0.3) is 0 Å². The highest BCUT2D eigenvalue weighted by molar-refractivity contribution is 9.10. The number of carbonyl (C=O) groups excluding carboxylic acids is 1. The van der Waals surface area contributed by atoms with E-state index in [9.17, 15) is 4.79 Å². The van der Waals surface area contributed by atoms with Crippen LogP contribution < -0.4 is 5.32 Å². The highest BCUT2D eigenvalue weighted by Gasteiger charge is 2.25. The first kappa shape index (κ1) is 14.5. The molecule has 1 amide bonds. The smallest absolute Gasteiger partial charge is 0.252 e. The third-order valence-electron chi connectivity index (χ3n) is 2.32. The maximum absolute atomic E-state index is 11.9. The van der Waals surface area contributed by atoms with Crippen LogP contribution in [0.2, 0.25) is 0 Å². The molecule has 0 aliphatic rings. The molecule has 1 aromatic carbocycles. The minimum atomic E-state index is -1.04. The van der Waals surface area contributed by atoms with Gasteiger partial charge in [-0.15, -0.1) is 12.6 Å². The van der Waals surface area contributed by atoms with Crippen LogP contribution in [0.5, 0.6) is 0 Å². The fourth-order valence-corrected chi connectivity index (χ4v) is 2.02. The van der Waals surface area contributed by atoms with Crippen molar-refractivity contribution in [2.24, 2.45) is 0 Å². The number of hydrogen-bond acceptors (Lipinski definition) is 4. The SMILES string of the molecule is CC(CO)(CO)NC(=O)c1ccc(Br)cc1S. The van der Waals surface area contributed by atoms with Crippen LogP contribution >= 0.6 is 28.6 Å². The van der Waals surface area contributed by atoms with E-state index in [1.54, 1.807) is 25.1 Å². The average Bonchev–Trinajstić information content (AvgIpc) is 2.28. The predicted molar refractivity (Wildman–Crippen MR) is 71.4 cm³/mol. The molecule has 0 aliphatic heterocycles. The van der Waals surface area contributed by atoms with Gasteiger partial charge in [-0.1, -0.05) is 15.9 Å². The molecular weight excluding hydrogens is 306 g/mol. The number of nitrogens with one attached hydrogen (secondary N) is 1. The number of benzene rings is 1. The second-order valence-corrected chi connectivity index (χ2v) is 5.39. The van der Waals surface area contributed by atoms with Gasteiger partial charge in [0.1, 0.15) is 0 Å². The predicted octanol–water partition coefficient (Wildman–Crippen LogP) is 1.21. The lowest BCUT2D eigenvalue weighted by molar-refractivity contribution is 0.0721. The highest BCUT2D eigenvalue weighted by atomic mass is 79.9. The summed E-state index contributed by atoms with van der Waals surface area (Å²) in [5.74, 6) is -0.381. The Balaban J connectivity index is 2.90. The van der Waals surface area contributed by atoms with Crippen LogP contribution in [0.15, 0.2) is 27.6 Å². The Hall–Kier alpha value is -0.560. The minimum Gasteiger partial charge on any atom is -0.394 e. The Morgan fingerprint density at radius 2 is 2.06 bits per heavy atom. The normalized spacial score (nSPS) is 11.4. The molecule has 3 N–H and O–H groups in total. The van der Waals surface area contributed by atoms with Crippen LogP contribution in [-0.2, 0) is 0 Å². The Labute approximate surface area is 114 Å². The zero-order chi connectivity index (χ0) is 13.1. The van der Waals surface area contributed by atoms with Gasteiger partial charge in [-0.25, -0.2) is 0 Å². The molecule has 6 heteroatoms. The molecule has 0 aliphatic carbocycles. The molecule has 17 heavy (non-hydrogen) atoms. The molecule has 0 fully saturated rings. The van der Waals surface area contributed by atoms with Crippen LogP contribution in [0.3, 0.4) is 0 Å². The maximum atomic E-state index is 11.9. The second kappa shape index (κ2) is 5.86. The molecule has 0 radical (unpaired) electrons. The standard InChI is InChI=1S/C11H14BrNO3S/c1-11(5-14,6-15)13-10(16)8-3-2-7(12)4-9(8)17/h2-4,14-15,17H,5-6H2,1H3,(H,13,16). The van der Waals surface area contributed by atoms with Gasteiger partial charge in [-0.3, -0.25) is 4.79 Å². The average molecular weight is 320 g/mol. The molecule has 94 valence electrons. The molecule has 0 spiro atoms. The molecule has 0 saturated carbocycles. The number of aliphatic hydroxyl groups is 2. The number of rotatable bonds is 4. The van der Waals surface area contributed by atoms with Crippen molar-refractivity contribution in [3.63, 3.8) is 0 Å². The number of carbonyl (C=O) groups is 1. The van der Waals surface area contributed by atoms with E-state index in [1.165, 1.54) is 0 Å². The van der Waals surface area contributed by atoms with Crippen molar-refractivity contribution in [2.45, 2.75) is 17.4 Å². The Morgan fingerprint density at radius 3 is 2.53 bits per heavy atom. The molecule has 0 aromatic heterocycles. The Morgan fingerprint density at radius 1 is 1.47 bits per heavy atom. The van der Waals surface area contributed by atoms with Crippen molar-refractivity contribution in [1.82, 2.24) is 5.32 Å². The number of amides is 1. The molecule has 0 saturated heterocycles. The molecule has 0 atom stereocenters. The molecule has 0 unspecified atom stereocenters. The van der Waals surface area contributed by atoms with Gasteiger partial charge in [0.05, 0.1) is 24.3 Å². The van der Waals surface area contributed by atoms with Crippen molar-refractivity contribution in [3.05, 3.63) is 28.2 Å². The quantitative estimate of drug-likeness (QED) is 0.631. The first-order valence-corrected chi connectivity index (χ1v) is 6.18. The van der Waals surface area contributed by atoms with Crippen molar-refractivity contribution < 1.29 is 15.0 Å². The highest BCUT2D eigenvalue weighted by Crippen LogP contribution is 2.20.